The Hall–Kier alpha value is -0.200. The summed E-state index contributed by atoms with van der Waals surface area (Å²) in [7, 11) is 3.45. The van der Waals surface area contributed by atoms with Crippen molar-refractivity contribution >= 4 is 0 Å². The summed E-state index contributed by atoms with van der Waals surface area (Å²) in [6.07, 6.45) is 5.28. The van der Waals surface area contributed by atoms with Gasteiger partial charge < -0.3 is 24.3 Å². The van der Waals surface area contributed by atoms with Crippen molar-refractivity contribution < 1.29 is 18.9 Å². The molecular formula is C16H31NO4. The first kappa shape index (κ1) is 17.2. The van der Waals surface area contributed by atoms with Crippen LogP contribution in [0.4, 0.5) is 0 Å². The maximum atomic E-state index is 6.08. The molecular weight excluding hydrogens is 270 g/mol. The standard InChI is InChI=1S/C16H31NO4/c1-18-10-7-17-13-16(5-8-20-12-11-19-2)6-9-21-15(16)14-3-4-14/h14-15,17H,3-13H2,1-2H3. The summed E-state index contributed by atoms with van der Waals surface area (Å²) in [5.74, 6) is 0.774. The Morgan fingerprint density at radius 2 is 1.90 bits per heavy atom. The van der Waals surface area contributed by atoms with Gasteiger partial charge in [0, 0.05) is 45.9 Å². The number of ether oxygens (including phenoxy) is 4. The molecule has 0 aromatic carbocycles. The first-order valence-corrected chi connectivity index (χ1v) is 8.20. The number of nitrogens with one attached hydrogen (secondary N) is 1. The number of methoxy groups -OCH3 is 2. The zero-order valence-corrected chi connectivity index (χ0v) is 13.6. The van der Waals surface area contributed by atoms with E-state index in [9.17, 15) is 0 Å². The van der Waals surface area contributed by atoms with Crippen LogP contribution in [0.2, 0.25) is 0 Å². The third-order valence-electron chi connectivity index (χ3n) is 4.69. The molecule has 1 saturated carbocycles. The van der Waals surface area contributed by atoms with E-state index in [1.54, 1.807) is 14.2 Å². The van der Waals surface area contributed by atoms with E-state index >= 15 is 0 Å². The van der Waals surface area contributed by atoms with Gasteiger partial charge in [-0.2, -0.15) is 0 Å². The molecule has 21 heavy (non-hydrogen) atoms. The van der Waals surface area contributed by atoms with Gasteiger partial charge in [-0.15, -0.1) is 0 Å². The van der Waals surface area contributed by atoms with Crippen LogP contribution in [0.25, 0.3) is 0 Å². The molecule has 1 heterocycles. The van der Waals surface area contributed by atoms with E-state index in [0.29, 0.717) is 19.3 Å². The molecule has 0 bridgehead atoms. The predicted molar refractivity (Wildman–Crippen MR) is 81.6 cm³/mol. The number of hydrogen-bond donors (Lipinski definition) is 1. The van der Waals surface area contributed by atoms with Gasteiger partial charge in [0.25, 0.3) is 0 Å². The normalized spacial score (nSPS) is 29.1. The van der Waals surface area contributed by atoms with Crippen LogP contribution in [0.5, 0.6) is 0 Å². The molecule has 2 aliphatic rings. The van der Waals surface area contributed by atoms with Crippen molar-refractivity contribution in [2.45, 2.75) is 31.8 Å². The van der Waals surface area contributed by atoms with Gasteiger partial charge in [-0.3, -0.25) is 0 Å². The van der Waals surface area contributed by atoms with E-state index in [1.807, 2.05) is 0 Å². The molecule has 2 fully saturated rings. The summed E-state index contributed by atoms with van der Waals surface area (Å²) in [6.45, 7) is 5.70. The lowest BCUT2D eigenvalue weighted by Gasteiger charge is -2.34. The molecule has 2 rings (SSSR count). The highest BCUT2D eigenvalue weighted by Crippen LogP contribution is 2.49. The van der Waals surface area contributed by atoms with Crippen molar-refractivity contribution in [3.63, 3.8) is 0 Å². The van der Waals surface area contributed by atoms with Gasteiger partial charge in [-0.05, 0) is 31.6 Å². The van der Waals surface area contributed by atoms with Crippen LogP contribution in [-0.2, 0) is 18.9 Å². The predicted octanol–water partition coefficient (Wildman–Crippen LogP) is 1.46. The van der Waals surface area contributed by atoms with E-state index in [0.717, 1.165) is 51.7 Å². The van der Waals surface area contributed by atoms with E-state index in [2.05, 4.69) is 5.32 Å². The Labute approximate surface area is 128 Å². The second-order valence-electron chi connectivity index (χ2n) is 6.27. The fourth-order valence-corrected chi connectivity index (χ4v) is 3.32. The third-order valence-corrected chi connectivity index (χ3v) is 4.69. The summed E-state index contributed by atoms with van der Waals surface area (Å²) in [5.41, 5.74) is 0.238. The second-order valence-corrected chi connectivity index (χ2v) is 6.27. The molecule has 0 amide bonds. The molecule has 1 N–H and O–H groups in total. The highest BCUT2D eigenvalue weighted by atomic mass is 16.5. The van der Waals surface area contributed by atoms with Crippen molar-refractivity contribution in [3.8, 4) is 0 Å². The van der Waals surface area contributed by atoms with Crippen molar-refractivity contribution in [1.82, 2.24) is 5.32 Å². The first-order valence-electron chi connectivity index (χ1n) is 8.20. The lowest BCUT2D eigenvalue weighted by Crippen LogP contribution is -2.43. The van der Waals surface area contributed by atoms with E-state index in [4.69, 9.17) is 18.9 Å². The largest absolute Gasteiger partial charge is 0.383 e. The van der Waals surface area contributed by atoms with E-state index < -0.39 is 0 Å². The average molecular weight is 301 g/mol. The molecule has 0 aromatic rings. The highest BCUT2D eigenvalue weighted by molar-refractivity contribution is 5.00. The molecule has 5 heteroatoms. The molecule has 1 aliphatic carbocycles. The Morgan fingerprint density at radius 1 is 1.10 bits per heavy atom. The topological polar surface area (TPSA) is 49.0 Å². The Balaban J connectivity index is 1.80. The lowest BCUT2D eigenvalue weighted by molar-refractivity contribution is 0.00151. The molecule has 0 aromatic heterocycles. The van der Waals surface area contributed by atoms with E-state index in [1.165, 1.54) is 12.8 Å². The molecule has 2 unspecified atom stereocenters. The minimum absolute atomic E-state index is 0.238. The zero-order chi connectivity index (χ0) is 15.0. The Morgan fingerprint density at radius 3 is 2.62 bits per heavy atom. The van der Waals surface area contributed by atoms with Gasteiger partial charge in [0.05, 0.1) is 25.9 Å². The Bertz CT molecular complexity index is 285. The molecule has 1 saturated heterocycles. The summed E-state index contributed by atoms with van der Waals surface area (Å²) in [6, 6.07) is 0. The van der Waals surface area contributed by atoms with Crippen LogP contribution >= 0.6 is 0 Å². The fraction of sp³-hybridized carbons (Fsp3) is 1.00. The van der Waals surface area contributed by atoms with E-state index in [-0.39, 0.29) is 5.41 Å². The van der Waals surface area contributed by atoms with Crippen LogP contribution in [0, 0.1) is 11.3 Å². The second kappa shape index (κ2) is 9.06. The monoisotopic (exact) mass is 301 g/mol. The summed E-state index contributed by atoms with van der Waals surface area (Å²) >= 11 is 0. The molecule has 2 atom stereocenters. The first-order chi connectivity index (χ1) is 10.3. The SMILES string of the molecule is COCCNCC1(CCOCCOC)CCOC1C1CC1. The molecule has 124 valence electrons. The quantitative estimate of drug-likeness (QED) is 0.553. The van der Waals surface area contributed by atoms with Gasteiger partial charge in [0.1, 0.15) is 0 Å². The van der Waals surface area contributed by atoms with Crippen molar-refractivity contribution in [2.75, 3.05) is 60.3 Å². The van der Waals surface area contributed by atoms with Crippen molar-refractivity contribution in [3.05, 3.63) is 0 Å². The maximum absolute atomic E-state index is 6.08. The van der Waals surface area contributed by atoms with Crippen LogP contribution in [0.3, 0.4) is 0 Å². The summed E-state index contributed by atoms with van der Waals surface area (Å²) in [4.78, 5) is 0. The third kappa shape index (κ3) is 5.18. The highest BCUT2D eigenvalue weighted by Gasteiger charge is 2.50. The van der Waals surface area contributed by atoms with Crippen LogP contribution in [0.1, 0.15) is 25.7 Å². The summed E-state index contributed by atoms with van der Waals surface area (Å²) < 4.78 is 21.9. The molecule has 0 radical (unpaired) electrons. The summed E-state index contributed by atoms with van der Waals surface area (Å²) in [5, 5.41) is 3.55. The number of hydrogen-bond acceptors (Lipinski definition) is 5. The number of rotatable bonds is 12. The van der Waals surface area contributed by atoms with Crippen molar-refractivity contribution in [2.24, 2.45) is 11.3 Å². The van der Waals surface area contributed by atoms with Gasteiger partial charge in [0.15, 0.2) is 0 Å². The maximum Gasteiger partial charge on any atom is 0.0700 e. The van der Waals surface area contributed by atoms with Crippen molar-refractivity contribution in [1.29, 1.82) is 0 Å². The lowest BCUT2D eigenvalue weighted by atomic mass is 9.76. The van der Waals surface area contributed by atoms with Gasteiger partial charge in [-0.1, -0.05) is 0 Å². The van der Waals surface area contributed by atoms with Crippen LogP contribution < -0.4 is 5.32 Å². The van der Waals surface area contributed by atoms with Crippen LogP contribution in [-0.4, -0.2) is 66.4 Å². The molecule has 1 aliphatic heterocycles. The zero-order valence-electron chi connectivity index (χ0n) is 13.6. The minimum atomic E-state index is 0.238. The average Bonchev–Trinajstić information content (AvgIpc) is 3.25. The smallest absolute Gasteiger partial charge is 0.0700 e. The Kier molecular flexibility index (Phi) is 7.40. The molecule has 0 spiro atoms. The fourth-order valence-electron chi connectivity index (χ4n) is 3.32. The molecule has 5 nitrogen and oxygen atoms in total. The van der Waals surface area contributed by atoms with Gasteiger partial charge in [0.2, 0.25) is 0 Å². The van der Waals surface area contributed by atoms with Gasteiger partial charge >= 0.3 is 0 Å². The van der Waals surface area contributed by atoms with Gasteiger partial charge in [-0.25, -0.2) is 0 Å². The van der Waals surface area contributed by atoms with Crippen LogP contribution in [0.15, 0.2) is 0 Å². The minimum Gasteiger partial charge on any atom is -0.383 e.